The third-order valence-corrected chi connectivity index (χ3v) is 9.86. The summed E-state index contributed by atoms with van der Waals surface area (Å²) in [5.74, 6) is -5.63. The number of hydrogen-bond donors (Lipinski definition) is 6. The van der Waals surface area contributed by atoms with E-state index in [0.717, 1.165) is 37.5 Å². The van der Waals surface area contributed by atoms with Crippen LogP contribution in [0.3, 0.4) is 0 Å². The molecule has 0 atom stereocenters. The second-order valence-corrected chi connectivity index (χ2v) is 24.3. The highest BCUT2D eigenvalue weighted by atomic mass is 32.2. The second kappa shape index (κ2) is 32.9. The number of rotatable bonds is 12. The van der Waals surface area contributed by atoms with Gasteiger partial charge in [-0.15, -0.1) is 0 Å². The van der Waals surface area contributed by atoms with Gasteiger partial charge in [-0.2, -0.15) is 0 Å². The predicted molar refractivity (Wildman–Crippen MR) is 286 cm³/mol. The van der Waals surface area contributed by atoms with Crippen molar-refractivity contribution in [2.45, 2.75) is 7.43 Å². The lowest BCUT2D eigenvalue weighted by molar-refractivity contribution is 0.0972. The first kappa shape index (κ1) is 51.2. The van der Waals surface area contributed by atoms with Crippen molar-refractivity contribution < 1.29 is 95.7 Å². The van der Waals surface area contributed by atoms with E-state index in [1.165, 1.54) is 55.4 Å². The summed E-state index contributed by atoms with van der Waals surface area (Å²) < 4.78 is 226. The Morgan fingerprint density at radius 3 is 0.696 bits per heavy atom. The number of amides is 6. The topological polar surface area (TPSA) is 457 Å². The fourth-order valence-electron chi connectivity index (χ4n) is 3.84. The first-order valence-electron chi connectivity index (χ1n) is 25.5. The molecule has 428 valence electrons. The Hall–Kier alpha value is -8.58. The maximum absolute atomic E-state index is 11.5. The number of carbonyl (C=O) groups excluding carboxylic acids is 6. The van der Waals surface area contributed by atoms with Gasteiger partial charge >= 0.3 is 0 Å². The van der Waals surface area contributed by atoms with Gasteiger partial charge in [0.2, 0.25) is 60.1 Å². The third kappa shape index (κ3) is 36.2. The molecule has 0 aliphatic rings. The third-order valence-electron chi connectivity index (χ3n) is 6.52. The summed E-state index contributed by atoms with van der Waals surface area (Å²) in [4.78, 5) is 88.5. The number of aromatic nitrogens is 6. The minimum Gasteiger partial charge on any atom is -0.268 e. The molecular formula is C43H52N12O18S6. The standard InChI is InChI=1S/6C7H8N2O3S.CH4/c6*1-13(11,12)9-7(10)6-3-2-4-8-5-6;/h6*2-5H,1H3,(H,9,10);1H4/i3*2D,3D,4D,5D;;;;. The van der Waals surface area contributed by atoms with Crippen LogP contribution in [0, 0.1) is 0 Å². The van der Waals surface area contributed by atoms with Gasteiger partial charge in [0.15, 0.2) is 0 Å². The highest BCUT2D eigenvalue weighted by molar-refractivity contribution is 7.90. The van der Waals surface area contributed by atoms with Crippen LogP contribution >= 0.6 is 0 Å². The van der Waals surface area contributed by atoms with Crippen molar-refractivity contribution in [2.75, 3.05) is 37.5 Å². The molecule has 0 fully saturated rings. The Bertz CT molecular complexity index is 3970. The van der Waals surface area contributed by atoms with Crippen molar-refractivity contribution in [3.05, 3.63) is 180 Å². The smallest absolute Gasteiger partial charge is 0.266 e. The number of carbonyl (C=O) groups is 6. The van der Waals surface area contributed by atoms with Gasteiger partial charge in [0.05, 0.1) is 87.4 Å². The molecule has 0 aliphatic carbocycles. The van der Waals surface area contributed by atoms with Crippen molar-refractivity contribution in [1.82, 2.24) is 58.2 Å². The normalized spacial score (nSPS) is 12.8. The van der Waals surface area contributed by atoms with Crippen LogP contribution in [-0.2, 0) is 60.1 Å². The summed E-state index contributed by atoms with van der Waals surface area (Å²) in [7, 11) is -22.0. The van der Waals surface area contributed by atoms with Gasteiger partial charge in [-0.1, -0.05) is 7.43 Å². The predicted octanol–water partition coefficient (Wildman–Crippen LogP) is -0.738. The number of nitrogens with zero attached hydrogens (tertiary/aromatic N) is 6. The van der Waals surface area contributed by atoms with Crippen LogP contribution in [0.1, 0.15) is 86.0 Å². The summed E-state index contributed by atoms with van der Waals surface area (Å²) in [6.07, 6.45) is 9.37. The molecule has 0 spiro atoms. The first-order chi connectivity index (χ1) is 40.9. The van der Waals surface area contributed by atoms with Crippen LogP contribution in [0.2, 0.25) is 0 Å². The minimum absolute atomic E-state index is 0. The lowest BCUT2D eigenvalue weighted by Crippen LogP contribution is -2.29. The van der Waals surface area contributed by atoms with Crippen molar-refractivity contribution >= 4 is 95.6 Å². The van der Waals surface area contributed by atoms with E-state index >= 15 is 0 Å². The number of pyridine rings is 6. The lowest BCUT2D eigenvalue weighted by atomic mass is 10.3. The Balaban J connectivity index is 0.00000107. The van der Waals surface area contributed by atoms with Gasteiger partial charge in [0.25, 0.3) is 35.4 Å². The van der Waals surface area contributed by atoms with Gasteiger partial charge in [0, 0.05) is 74.2 Å². The molecule has 6 amide bonds. The molecule has 6 aromatic heterocycles. The van der Waals surface area contributed by atoms with Crippen molar-refractivity contribution in [2.24, 2.45) is 0 Å². The van der Waals surface area contributed by atoms with E-state index < -0.39 is 186 Å². The summed E-state index contributed by atoms with van der Waals surface area (Å²) in [6, 6.07) is 5.09. The molecule has 0 bridgehead atoms. The maximum atomic E-state index is 11.5. The number of sulfonamides is 6. The minimum atomic E-state index is -3.83. The molecule has 0 unspecified atom stereocenters. The van der Waals surface area contributed by atoms with Crippen LogP contribution in [0.4, 0.5) is 0 Å². The molecule has 0 aromatic carbocycles. The fourth-order valence-corrected chi connectivity index (χ4v) is 6.52. The quantitative estimate of drug-likeness (QED) is 0.0879. The molecule has 0 aliphatic heterocycles. The summed E-state index contributed by atoms with van der Waals surface area (Å²) in [5.41, 5.74) is -1.28. The van der Waals surface area contributed by atoms with Gasteiger partial charge in [0.1, 0.15) is 0 Å². The van der Waals surface area contributed by atoms with Crippen molar-refractivity contribution in [3.8, 4) is 0 Å². The summed E-state index contributed by atoms with van der Waals surface area (Å²) in [5, 5.41) is 0. The van der Waals surface area contributed by atoms with Crippen LogP contribution in [0.15, 0.2) is 147 Å². The average Bonchev–Trinajstić information content (AvgIpc) is 0.943. The van der Waals surface area contributed by atoms with E-state index in [1.807, 2.05) is 14.2 Å². The van der Waals surface area contributed by atoms with E-state index in [-0.39, 0.29) is 24.1 Å². The molecule has 79 heavy (non-hydrogen) atoms. The Morgan fingerprint density at radius 2 is 0.532 bits per heavy atom. The van der Waals surface area contributed by atoms with E-state index in [9.17, 15) is 79.3 Å². The molecule has 0 saturated carbocycles. The number of nitrogens with one attached hydrogen (secondary N) is 6. The zero-order valence-corrected chi connectivity index (χ0v) is 45.3. The zero-order chi connectivity index (χ0) is 69.8. The Labute approximate surface area is 473 Å². The van der Waals surface area contributed by atoms with Crippen molar-refractivity contribution in [1.29, 1.82) is 0 Å². The maximum Gasteiger partial charge on any atom is 0.266 e. The van der Waals surface area contributed by atoms with Crippen LogP contribution < -0.4 is 28.3 Å². The fraction of sp³-hybridized carbons (Fsp3) is 0.163. The first-order valence-corrected chi connectivity index (χ1v) is 30.9. The highest BCUT2D eigenvalue weighted by Gasteiger charge is 2.14. The molecule has 0 radical (unpaired) electrons. The molecule has 6 aromatic rings. The van der Waals surface area contributed by atoms with E-state index in [1.54, 1.807) is 32.4 Å². The molecule has 6 rings (SSSR count). The molecule has 36 heteroatoms. The van der Waals surface area contributed by atoms with Gasteiger partial charge in [-0.3, -0.25) is 58.7 Å². The molecule has 6 heterocycles. The zero-order valence-electron chi connectivity index (χ0n) is 52.4. The van der Waals surface area contributed by atoms with Gasteiger partial charge in [-0.25, -0.2) is 78.8 Å². The number of hydrogen-bond acceptors (Lipinski definition) is 24. The highest BCUT2D eigenvalue weighted by Crippen LogP contribution is 2.00. The molecular weight excluding hydrogens is 1160 g/mol. The Kier molecular flexibility index (Phi) is 21.3. The monoisotopic (exact) mass is 1230 g/mol. The largest absolute Gasteiger partial charge is 0.268 e. The van der Waals surface area contributed by atoms with E-state index in [4.69, 9.17) is 16.4 Å². The lowest BCUT2D eigenvalue weighted by Gasteiger charge is -2.00. The summed E-state index contributed by atoms with van der Waals surface area (Å²) >= 11 is 0. The van der Waals surface area contributed by atoms with Gasteiger partial charge in [-0.05, 0) is 72.7 Å². The van der Waals surface area contributed by atoms with Gasteiger partial charge < -0.3 is 0 Å². The summed E-state index contributed by atoms with van der Waals surface area (Å²) in [6.45, 7) is 0. The van der Waals surface area contributed by atoms with Crippen molar-refractivity contribution in [3.63, 3.8) is 0 Å². The van der Waals surface area contributed by atoms with Crippen LogP contribution in [0.5, 0.6) is 0 Å². The average molecular weight is 1230 g/mol. The van der Waals surface area contributed by atoms with Crippen LogP contribution in [-0.4, -0.2) is 153 Å². The Morgan fingerprint density at radius 1 is 0.342 bits per heavy atom. The van der Waals surface area contributed by atoms with Crippen LogP contribution in [0.25, 0.3) is 0 Å². The molecule has 30 nitrogen and oxygen atoms in total. The molecule has 0 saturated heterocycles. The second-order valence-electron chi connectivity index (χ2n) is 13.8. The van der Waals surface area contributed by atoms with E-state index in [0.29, 0.717) is 0 Å². The van der Waals surface area contributed by atoms with E-state index in [2.05, 4.69) is 29.9 Å². The SMILES string of the molecule is C.CS(=O)(=O)NC(=O)c1cccnc1.CS(=O)(=O)NC(=O)c1cccnc1.CS(=O)(=O)NC(=O)c1cccnc1.[2H]c1nc([2H])c(C(=O)NS(C)(=O)=O)c([2H])c1[2H].[2H]c1nc([2H])c(C(=O)NS(C)(=O)=O)c([2H])c1[2H].[2H]c1nc([2H])c(C(=O)NS(C)(=O)=O)c([2H])c1[2H]. The molecule has 6 N–H and O–H groups in total.